The minimum atomic E-state index is 0.871. The van der Waals surface area contributed by atoms with Crippen LogP contribution in [0.4, 0.5) is 0 Å². The van der Waals surface area contributed by atoms with Gasteiger partial charge < -0.3 is 0 Å². The molecule has 0 aromatic carbocycles. The molecule has 0 radical (unpaired) electrons. The predicted molar refractivity (Wildman–Crippen MR) is 62.1 cm³/mol. The van der Waals surface area contributed by atoms with Crippen LogP contribution in [0.3, 0.4) is 0 Å². The van der Waals surface area contributed by atoms with E-state index in [0.29, 0.717) is 0 Å². The van der Waals surface area contributed by atoms with Crippen molar-refractivity contribution in [2.75, 3.05) is 0 Å². The lowest BCUT2D eigenvalue weighted by Crippen LogP contribution is -1.82. The summed E-state index contributed by atoms with van der Waals surface area (Å²) in [7, 11) is 0. The number of hydrogen-bond donors (Lipinski definition) is 0. The Hall–Kier alpha value is -0.550. The first-order valence-electron chi connectivity index (χ1n) is 6.01. The number of carbonyl (C=O) groups excluding carboxylic acids is 1. The molecule has 82 valence electrons. The molecule has 0 aliphatic carbocycles. The van der Waals surface area contributed by atoms with Crippen LogP contribution in [0.15, 0.2) is 5.57 Å². The molecule has 0 bridgehead atoms. The lowest BCUT2D eigenvalue weighted by atomic mass is 10.1. The van der Waals surface area contributed by atoms with Crippen molar-refractivity contribution in [3.8, 4) is 0 Å². The molecule has 0 saturated heterocycles. The molecule has 0 amide bonds. The largest absolute Gasteiger partial charge is 0.234 e. The van der Waals surface area contributed by atoms with E-state index in [9.17, 15) is 4.79 Å². The Bertz CT molecular complexity index is 166. The third kappa shape index (κ3) is 9.54. The fraction of sp³-hybridized carbons (Fsp3) is 0.846. The van der Waals surface area contributed by atoms with Crippen molar-refractivity contribution in [3.63, 3.8) is 0 Å². The summed E-state index contributed by atoms with van der Waals surface area (Å²) in [5.41, 5.74) is 0.871. The number of rotatable bonds is 9. The average molecular weight is 196 g/mol. The molecule has 0 aromatic heterocycles. The van der Waals surface area contributed by atoms with Gasteiger partial charge in [-0.2, -0.15) is 0 Å². The molecule has 0 saturated carbocycles. The van der Waals surface area contributed by atoms with Gasteiger partial charge in [-0.1, -0.05) is 51.9 Å². The summed E-state index contributed by atoms with van der Waals surface area (Å²) in [6.45, 7) is 4.11. The first-order chi connectivity index (χ1) is 6.81. The average Bonchev–Trinajstić information content (AvgIpc) is 2.21. The monoisotopic (exact) mass is 196 g/mol. The SMILES string of the molecule is CCCCCCCCCCC(C)=C=O. The van der Waals surface area contributed by atoms with Crippen LogP contribution in [-0.4, -0.2) is 5.94 Å². The fourth-order valence-electron chi connectivity index (χ4n) is 1.58. The van der Waals surface area contributed by atoms with E-state index >= 15 is 0 Å². The molecule has 0 aromatic rings. The Morgan fingerprint density at radius 2 is 1.43 bits per heavy atom. The molecule has 1 nitrogen and oxygen atoms in total. The number of allylic oxidation sites excluding steroid dienone is 1. The number of hydrogen-bond acceptors (Lipinski definition) is 1. The lowest BCUT2D eigenvalue weighted by molar-refractivity contribution is 0.561. The maximum absolute atomic E-state index is 10.2. The molecule has 1 heteroatoms. The van der Waals surface area contributed by atoms with Gasteiger partial charge in [0.15, 0.2) is 0 Å². The van der Waals surface area contributed by atoms with E-state index in [-0.39, 0.29) is 0 Å². The van der Waals surface area contributed by atoms with E-state index in [4.69, 9.17) is 0 Å². The van der Waals surface area contributed by atoms with Gasteiger partial charge in [-0.3, -0.25) is 0 Å². The van der Waals surface area contributed by atoms with Crippen molar-refractivity contribution in [2.24, 2.45) is 0 Å². The highest BCUT2D eigenvalue weighted by Crippen LogP contribution is 2.11. The molecular formula is C13H24O. The molecule has 0 aliphatic heterocycles. The minimum absolute atomic E-state index is 0.871. The molecule has 0 fully saturated rings. The highest BCUT2D eigenvalue weighted by atomic mass is 16.1. The first-order valence-corrected chi connectivity index (χ1v) is 6.01. The zero-order chi connectivity index (χ0) is 10.6. The quantitative estimate of drug-likeness (QED) is 0.397. The number of unbranched alkanes of at least 4 members (excludes halogenated alkanes) is 7. The van der Waals surface area contributed by atoms with Gasteiger partial charge in [0.1, 0.15) is 5.94 Å². The summed E-state index contributed by atoms with van der Waals surface area (Å²) in [6.07, 6.45) is 11.6. The van der Waals surface area contributed by atoms with Gasteiger partial charge in [-0.25, -0.2) is 4.79 Å². The predicted octanol–water partition coefficient (Wildman–Crippen LogP) is 4.30. The van der Waals surface area contributed by atoms with E-state index in [1.165, 1.54) is 44.9 Å². The third-order valence-corrected chi connectivity index (χ3v) is 2.58. The minimum Gasteiger partial charge on any atom is -0.234 e. The van der Waals surface area contributed by atoms with Gasteiger partial charge in [-0.05, 0) is 19.8 Å². The summed E-state index contributed by atoms with van der Waals surface area (Å²) >= 11 is 0. The van der Waals surface area contributed by atoms with Crippen LogP contribution >= 0.6 is 0 Å². The summed E-state index contributed by atoms with van der Waals surface area (Å²) in [4.78, 5) is 10.2. The second-order valence-electron chi connectivity index (χ2n) is 4.11. The van der Waals surface area contributed by atoms with Crippen molar-refractivity contribution in [1.29, 1.82) is 0 Å². The molecule has 0 heterocycles. The van der Waals surface area contributed by atoms with Crippen molar-refractivity contribution < 1.29 is 4.79 Å². The summed E-state index contributed by atoms with van der Waals surface area (Å²) in [5.74, 6) is 1.95. The van der Waals surface area contributed by atoms with E-state index in [2.05, 4.69) is 6.92 Å². The van der Waals surface area contributed by atoms with Gasteiger partial charge in [0.05, 0.1) is 0 Å². The van der Waals surface area contributed by atoms with Gasteiger partial charge in [0.25, 0.3) is 0 Å². The van der Waals surface area contributed by atoms with Crippen LogP contribution in [0.25, 0.3) is 0 Å². The van der Waals surface area contributed by atoms with Crippen LogP contribution in [0, 0.1) is 0 Å². The van der Waals surface area contributed by atoms with Gasteiger partial charge in [0.2, 0.25) is 0 Å². The summed E-state index contributed by atoms with van der Waals surface area (Å²) in [5, 5.41) is 0. The Labute approximate surface area is 88.6 Å². The van der Waals surface area contributed by atoms with Crippen LogP contribution in [0.1, 0.15) is 71.6 Å². The molecule has 0 rings (SSSR count). The third-order valence-electron chi connectivity index (χ3n) is 2.58. The highest BCUT2D eigenvalue weighted by molar-refractivity contribution is 5.50. The van der Waals surface area contributed by atoms with Crippen molar-refractivity contribution >= 4 is 5.94 Å². The molecule has 14 heavy (non-hydrogen) atoms. The summed E-state index contributed by atoms with van der Waals surface area (Å²) < 4.78 is 0. The maximum Gasteiger partial charge on any atom is 0.123 e. The van der Waals surface area contributed by atoms with E-state index in [1.54, 1.807) is 0 Å². The Balaban J connectivity index is 3.03. The van der Waals surface area contributed by atoms with Crippen molar-refractivity contribution in [3.05, 3.63) is 5.57 Å². The van der Waals surface area contributed by atoms with Crippen LogP contribution in [0.5, 0.6) is 0 Å². The van der Waals surface area contributed by atoms with Gasteiger partial charge in [-0.15, -0.1) is 0 Å². The normalized spacial score (nSPS) is 9.86. The first kappa shape index (κ1) is 13.4. The Morgan fingerprint density at radius 1 is 0.929 bits per heavy atom. The Morgan fingerprint density at radius 3 is 1.93 bits per heavy atom. The standard InChI is InChI=1S/C13H24O/c1-3-4-5-6-7-8-9-10-11-13(2)12-14/h3-11H2,1-2H3. The van der Waals surface area contributed by atoms with E-state index < -0.39 is 0 Å². The molecule has 0 spiro atoms. The van der Waals surface area contributed by atoms with Gasteiger partial charge >= 0.3 is 0 Å². The topological polar surface area (TPSA) is 17.1 Å². The Kier molecular flexibility index (Phi) is 10.1. The molecule has 0 unspecified atom stereocenters. The van der Waals surface area contributed by atoms with E-state index in [1.807, 2.05) is 12.9 Å². The zero-order valence-electron chi connectivity index (χ0n) is 9.77. The van der Waals surface area contributed by atoms with Crippen molar-refractivity contribution in [1.82, 2.24) is 0 Å². The highest BCUT2D eigenvalue weighted by Gasteiger charge is 1.93. The summed E-state index contributed by atoms with van der Waals surface area (Å²) in [6, 6.07) is 0. The molecular weight excluding hydrogens is 172 g/mol. The van der Waals surface area contributed by atoms with Gasteiger partial charge in [0, 0.05) is 5.57 Å². The smallest absolute Gasteiger partial charge is 0.123 e. The van der Waals surface area contributed by atoms with Crippen LogP contribution in [-0.2, 0) is 4.79 Å². The molecule has 0 N–H and O–H groups in total. The second-order valence-corrected chi connectivity index (χ2v) is 4.11. The van der Waals surface area contributed by atoms with Crippen LogP contribution in [0.2, 0.25) is 0 Å². The molecule has 0 atom stereocenters. The van der Waals surface area contributed by atoms with Crippen LogP contribution < -0.4 is 0 Å². The molecule has 0 aliphatic rings. The second kappa shape index (κ2) is 10.5. The lowest BCUT2D eigenvalue weighted by Gasteiger charge is -2.00. The zero-order valence-corrected chi connectivity index (χ0v) is 9.77. The van der Waals surface area contributed by atoms with Crippen molar-refractivity contribution in [2.45, 2.75) is 71.6 Å². The maximum atomic E-state index is 10.2. The van der Waals surface area contributed by atoms with E-state index in [0.717, 1.165) is 18.4 Å². The fourth-order valence-corrected chi connectivity index (χ4v) is 1.58.